The van der Waals surface area contributed by atoms with Gasteiger partial charge in [0.1, 0.15) is 17.5 Å². The topological polar surface area (TPSA) is 104 Å². The summed E-state index contributed by atoms with van der Waals surface area (Å²) >= 11 is 0. The van der Waals surface area contributed by atoms with E-state index in [1.165, 1.54) is 23.1 Å². The van der Waals surface area contributed by atoms with Crippen LogP contribution in [0.15, 0.2) is 53.4 Å². The van der Waals surface area contributed by atoms with Crippen molar-refractivity contribution in [2.45, 2.75) is 69.5 Å². The van der Waals surface area contributed by atoms with Crippen molar-refractivity contribution in [3.8, 4) is 0 Å². The van der Waals surface area contributed by atoms with Crippen LogP contribution in [0.5, 0.6) is 0 Å². The molecule has 1 unspecified atom stereocenters. The van der Waals surface area contributed by atoms with Crippen molar-refractivity contribution in [1.29, 1.82) is 0 Å². The van der Waals surface area contributed by atoms with Gasteiger partial charge in [-0.25, -0.2) is 12.7 Å². The minimum absolute atomic E-state index is 0.0495. The summed E-state index contributed by atoms with van der Waals surface area (Å²) in [5.74, 6) is -1.62. The number of fused-ring (bicyclic) bond motifs is 1. The molecular formula is C26H31N3O5S. The van der Waals surface area contributed by atoms with E-state index in [1.807, 2.05) is 31.2 Å². The largest absolute Gasteiger partial charge is 0.352 e. The SMILES string of the molecule is Cc1ccc(CN(C(=O)CN2C(=O)c3ccccc3S2(=O)=O)C(C)C(=O)NC2CCCCC2)cc1. The van der Waals surface area contributed by atoms with Crippen LogP contribution in [0, 0.1) is 6.92 Å². The molecule has 3 amide bonds. The molecule has 0 radical (unpaired) electrons. The van der Waals surface area contributed by atoms with Gasteiger partial charge in [0.25, 0.3) is 15.9 Å². The number of amides is 3. The monoisotopic (exact) mass is 497 g/mol. The van der Waals surface area contributed by atoms with Crippen molar-refractivity contribution in [3.05, 3.63) is 65.2 Å². The van der Waals surface area contributed by atoms with Crippen molar-refractivity contribution in [2.24, 2.45) is 0 Å². The maximum Gasteiger partial charge on any atom is 0.269 e. The average molecular weight is 498 g/mol. The molecule has 1 N–H and O–H groups in total. The molecule has 9 heteroatoms. The zero-order valence-corrected chi connectivity index (χ0v) is 20.9. The Morgan fingerprint density at radius 3 is 2.37 bits per heavy atom. The van der Waals surface area contributed by atoms with Gasteiger partial charge in [0.2, 0.25) is 11.8 Å². The fourth-order valence-electron chi connectivity index (χ4n) is 4.64. The van der Waals surface area contributed by atoms with Crippen LogP contribution in [0.25, 0.3) is 0 Å². The molecule has 0 aromatic heterocycles. The first kappa shape index (κ1) is 24.9. The highest BCUT2D eigenvalue weighted by atomic mass is 32.2. The zero-order chi connectivity index (χ0) is 25.2. The highest BCUT2D eigenvalue weighted by molar-refractivity contribution is 7.90. The summed E-state index contributed by atoms with van der Waals surface area (Å²) < 4.78 is 26.5. The van der Waals surface area contributed by atoms with Gasteiger partial charge in [0, 0.05) is 12.6 Å². The van der Waals surface area contributed by atoms with E-state index in [9.17, 15) is 22.8 Å². The minimum Gasteiger partial charge on any atom is -0.352 e. The number of nitrogens with one attached hydrogen (secondary N) is 1. The fraction of sp³-hybridized carbons (Fsp3) is 0.423. The Morgan fingerprint density at radius 2 is 1.71 bits per heavy atom. The van der Waals surface area contributed by atoms with E-state index in [-0.39, 0.29) is 29.0 Å². The maximum atomic E-state index is 13.5. The molecule has 1 aliphatic carbocycles. The molecule has 8 nitrogen and oxygen atoms in total. The molecule has 1 heterocycles. The molecule has 4 rings (SSSR count). The van der Waals surface area contributed by atoms with E-state index in [1.54, 1.807) is 13.0 Å². The summed E-state index contributed by atoms with van der Waals surface area (Å²) in [5.41, 5.74) is 1.91. The van der Waals surface area contributed by atoms with Crippen LogP contribution >= 0.6 is 0 Å². The lowest BCUT2D eigenvalue weighted by Gasteiger charge is -2.32. The smallest absolute Gasteiger partial charge is 0.269 e. The zero-order valence-electron chi connectivity index (χ0n) is 20.1. The number of sulfonamides is 1. The molecule has 1 aliphatic heterocycles. The summed E-state index contributed by atoms with van der Waals surface area (Å²) in [7, 11) is -4.14. The quantitative estimate of drug-likeness (QED) is 0.633. The molecule has 0 spiro atoms. The van der Waals surface area contributed by atoms with Gasteiger partial charge >= 0.3 is 0 Å². The molecule has 0 bridgehead atoms. The first-order valence-electron chi connectivity index (χ1n) is 12.0. The standard InChI is InChI=1S/C26H31N3O5S/c1-18-12-14-20(15-13-18)16-28(19(2)25(31)27-21-8-4-3-5-9-21)24(30)17-29-26(32)22-10-6-7-11-23(22)35(29,33)34/h6-7,10-15,19,21H,3-5,8-9,16-17H2,1-2H3,(H,27,31). The van der Waals surface area contributed by atoms with Gasteiger partial charge in [-0.15, -0.1) is 0 Å². The summed E-state index contributed by atoms with van der Waals surface area (Å²) in [4.78, 5) is 40.7. The van der Waals surface area contributed by atoms with Gasteiger partial charge in [-0.1, -0.05) is 61.2 Å². The van der Waals surface area contributed by atoms with Gasteiger partial charge < -0.3 is 10.2 Å². The first-order valence-corrected chi connectivity index (χ1v) is 13.4. The van der Waals surface area contributed by atoms with Crippen LogP contribution in [0.1, 0.15) is 60.5 Å². The second kappa shape index (κ2) is 10.2. The number of nitrogens with zero attached hydrogens (tertiary/aromatic N) is 2. The summed E-state index contributed by atoms with van der Waals surface area (Å²) in [5, 5.41) is 3.05. The number of carbonyl (C=O) groups excluding carboxylic acids is 3. The Morgan fingerprint density at radius 1 is 1.06 bits per heavy atom. The Labute approximate surface area is 206 Å². The maximum absolute atomic E-state index is 13.5. The number of benzene rings is 2. The second-order valence-electron chi connectivity index (χ2n) is 9.34. The highest BCUT2D eigenvalue weighted by Gasteiger charge is 2.43. The van der Waals surface area contributed by atoms with Crippen LogP contribution in [0.2, 0.25) is 0 Å². The Bertz CT molecular complexity index is 1220. The fourth-order valence-corrected chi connectivity index (χ4v) is 6.16. The predicted molar refractivity (Wildman–Crippen MR) is 131 cm³/mol. The van der Waals surface area contributed by atoms with Gasteiger partial charge in [0.05, 0.1) is 5.56 Å². The van der Waals surface area contributed by atoms with E-state index >= 15 is 0 Å². The number of aryl methyl sites for hydroxylation is 1. The molecule has 35 heavy (non-hydrogen) atoms. The average Bonchev–Trinajstić information content (AvgIpc) is 3.04. The van der Waals surface area contributed by atoms with Crippen LogP contribution in [-0.2, 0) is 26.2 Å². The lowest BCUT2D eigenvalue weighted by atomic mass is 9.95. The van der Waals surface area contributed by atoms with Gasteiger partial charge in [0.15, 0.2) is 0 Å². The van der Waals surface area contributed by atoms with Crippen molar-refractivity contribution in [1.82, 2.24) is 14.5 Å². The third kappa shape index (κ3) is 5.24. The van der Waals surface area contributed by atoms with Crippen molar-refractivity contribution in [2.75, 3.05) is 6.54 Å². The lowest BCUT2D eigenvalue weighted by molar-refractivity contribution is -0.140. The van der Waals surface area contributed by atoms with Crippen molar-refractivity contribution < 1.29 is 22.8 Å². The molecule has 1 fully saturated rings. The predicted octanol–water partition coefficient (Wildman–Crippen LogP) is 3.01. The van der Waals surface area contributed by atoms with Crippen LogP contribution in [0.3, 0.4) is 0 Å². The highest BCUT2D eigenvalue weighted by Crippen LogP contribution is 2.30. The number of hydrogen-bond donors (Lipinski definition) is 1. The molecule has 186 valence electrons. The molecular weight excluding hydrogens is 466 g/mol. The Balaban J connectivity index is 1.56. The van der Waals surface area contributed by atoms with Gasteiger partial charge in [-0.05, 0) is 44.4 Å². The minimum atomic E-state index is -4.14. The third-order valence-electron chi connectivity index (χ3n) is 6.78. The van der Waals surface area contributed by atoms with E-state index < -0.39 is 34.4 Å². The Kier molecular flexibility index (Phi) is 7.25. The number of rotatable bonds is 7. The molecule has 2 aromatic rings. The van der Waals surface area contributed by atoms with Crippen LogP contribution in [0.4, 0.5) is 0 Å². The number of carbonyl (C=O) groups is 3. The molecule has 1 atom stereocenters. The second-order valence-corrected chi connectivity index (χ2v) is 11.2. The first-order chi connectivity index (χ1) is 16.7. The summed E-state index contributed by atoms with van der Waals surface area (Å²) in [6.07, 6.45) is 5.08. The molecule has 2 aliphatic rings. The third-order valence-corrected chi connectivity index (χ3v) is 8.57. The van der Waals surface area contributed by atoms with Gasteiger partial charge in [-0.3, -0.25) is 14.4 Å². The van der Waals surface area contributed by atoms with E-state index in [2.05, 4.69) is 5.32 Å². The molecule has 2 aromatic carbocycles. The van der Waals surface area contributed by atoms with E-state index in [4.69, 9.17) is 0 Å². The van der Waals surface area contributed by atoms with E-state index in [0.29, 0.717) is 4.31 Å². The normalized spacial score (nSPS) is 18.1. The van der Waals surface area contributed by atoms with Crippen molar-refractivity contribution >= 4 is 27.7 Å². The van der Waals surface area contributed by atoms with Crippen LogP contribution in [-0.4, -0.2) is 54.0 Å². The van der Waals surface area contributed by atoms with Crippen molar-refractivity contribution in [3.63, 3.8) is 0 Å². The molecule has 0 saturated heterocycles. The van der Waals surface area contributed by atoms with E-state index in [0.717, 1.165) is 43.2 Å². The summed E-state index contributed by atoms with van der Waals surface area (Å²) in [6, 6.07) is 12.7. The Hall–Kier alpha value is -3.20. The summed E-state index contributed by atoms with van der Waals surface area (Å²) in [6.45, 7) is 3.05. The number of hydrogen-bond acceptors (Lipinski definition) is 5. The molecule has 1 saturated carbocycles. The van der Waals surface area contributed by atoms with Crippen LogP contribution < -0.4 is 5.32 Å². The van der Waals surface area contributed by atoms with Gasteiger partial charge in [-0.2, -0.15) is 0 Å². The lowest BCUT2D eigenvalue weighted by Crippen LogP contribution is -2.52.